The van der Waals surface area contributed by atoms with E-state index in [1.165, 1.54) is 12.8 Å². The van der Waals surface area contributed by atoms with Gasteiger partial charge in [-0.2, -0.15) is 0 Å². The first-order valence-electron chi connectivity index (χ1n) is 4.93. The Hall–Kier alpha value is -0.320. The van der Waals surface area contributed by atoms with Gasteiger partial charge in [-0.25, -0.2) is 4.98 Å². The maximum Gasteiger partial charge on any atom is 0.126 e. The van der Waals surface area contributed by atoms with Crippen LogP contribution < -0.4 is 10.6 Å². The molecule has 2 N–H and O–H groups in total. The largest absolute Gasteiger partial charge is 0.366 e. The summed E-state index contributed by atoms with van der Waals surface area (Å²) in [6.45, 7) is 2.18. The van der Waals surface area contributed by atoms with Crippen LogP contribution in [-0.2, 0) is 0 Å². The molecule has 3 nitrogen and oxygen atoms in total. The zero-order valence-electron chi connectivity index (χ0n) is 8.37. The molecule has 0 radical (unpaired) electrons. The second kappa shape index (κ2) is 6.30. The quantitative estimate of drug-likeness (QED) is 0.879. The summed E-state index contributed by atoms with van der Waals surface area (Å²) in [6.07, 6.45) is 4.29. The molecule has 1 aliphatic heterocycles. The molecular formula is C10H15BrClN3. The van der Waals surface area contributed by atoms with Gasteiger partial charge in [0.05, 0.1) is 0 Å². The van der Waals surface area contributed by atoms with Crippen molar-refractivity contribution in [1.82, 2.24) is 10.3 Å². The number of halogens is 2. The van der Waals surface area contributed by atoms with E-state index in [4.69, 9.17) is 0 Å². The van der Waals surface area contributed by atoms with Crippen molar-refractivity contribution in [3.8, 4) is 0 Å². The van der Waals surface area contributed by atoms with Crippen molar-refractivity contribution in [1.29, 1.82) is 0 Å². The Kier molecular flexibility index (Phi) is 5.36. The van der Waals surface area contributed by atoms with Gasteiger partial charge in [-0.1, -0.05) is 0 Å². The van der Waals surface area contributed by atoms with Crippen LogP contribution in [0, 0.1) is 0 Å². The molecule has 1 fully saturated rings. The molecule has 0 unspecified atom stereocenters. The van der Waals surface area contributed by atoms with E-state index in [-0.39, 0.29) is 12.4 Å². The van der Waals surface area contributed by atoms with Gasteiger partial charge in [0.1, 0.15) is 5.82 Å². The molecular weight excluding hydrogens is 277 g/mol. The minimum atomic E-state index is 0. The van der Waals surface area contributed by atoms with Crippen molar-refractivity contribution in [2.45, 2.75) is 18.9 Å². The number of nitrogens with one attached hydrogen (secondary N) is 2. The molecule has 2 rings (SSSR count). The van der Waals surface area contributed by atoms with Gasteiger partial charge in [-0.3, -0.25) is 0 Å². The third-order valence-corrected chi connectivity index (χ3v) is 2.85. The summed E-state index contributed by atoms with van der Waals surface area (Å²) in [5.41, 5.74) is 0. The number of piperidine rings is 1. The molecule has 1 saturated heterocycles. The highest BCUT2D eigenvalue weighted by Gasteiger charge is 2.12. The molecule has 1 aliphatic rings. The van der Waals surface area contributed by atoms with Gasteiger partial charge in [0.25, 0.3) is 0 Å². The Morgan fingerprint density at radius 2 is 2.33 bits per heavy atom. The SMILES string of the molecule is Brc1ccc(N[C@@H]2CCCNC2)nc1.Cl. The van der Waals surface area contributed by atoms with Gasteiger partial charge < -0.3 is 10.6 Å². The molecule has 0 aliphatic carbocycles. The van der Waals surface area contributed by atoms with Crippen LogP contribution in [0.5, 0.6) is 0 Å². The number of hydrogen-bond donors (Lipinski definition) is 2. The fraction of sp³-hybridized carbons (Fsp3) is 0.500. The summed E-state index contributed by atoms with van der Waals surface area (Å²) in [6, 6.07) is 4.53. The Bertz CT molecular complexity index is 285. The van der Waals surface area contributed by atoms with Gasteiger partial charge in [-0.15, -0.1) is 12.4 Å². The van der Waals surface area contributed by atoms with E-state index in [1.807, 2.05) is 18.3 Å². The molecule has 0 bridgehead atoms. The summed E-state index contributed by atoms with van der Waals surface area (Å²) in [5.74, 6) is 0.960. The lowest BCUT2D eigenvalue weighted by Gasteiger charge is -2.24. The van der Waals surface area contributed by atoms with Gasteiger partial charge in [0.2, 0.25) is 0 Å². The Morgan fingerprint density at radius 3 is 2.93 bits per heavy atom. The molecule has 5 heteroatoms. The molecule has 0 aromatic carbocycles. The van der Waals surface area contributed by atoms with Crippen LogP contribution >= 0.6 is 28.3 Å². The van der Waals surface area contributed by atoms with Crippen molar-refractivity contribution in [2.24, 2.45) is 0 Å². The molecule has 84 valence electrons. The normalized spacial score (nSPS) is 20.5. The van der Waals surface area contributed by atoms with E-state index in [2.05, 4.69) is 31.5 Å². The Balaban J connectivity index is 0.00000112. The second-order valence-electron chi connectivity index (χ2n) is 3.55. The molecule has 0 saturated carbocycles. The van der Waals surface area contributed by atoms with E-state index < -0.39 is 0 Å². The van der Waals surface area contributed by atoms with Gasteiger partial charge in [0, 0.05) is 23.3 Å². The average molecular weight is 293 g/mol. The third-order valence-electron chi connectivity index (χ3n) is 2.38. The number of aromatic nitrogens is 1. The van der Waals surface area contributed by atoms with E-state index in [1.54, 1.807) is 0 Å². The number of hydrogen-bond acceptors (Lipinski definition) is 3. The summed E-state index contributed by atoms with van der Waals surface area (Å²) < 4.78 is 1.02. The number of nitrogens with zero attached hydrogens (tertiary/aromatic N) is 1. The van der Waals surface area contributed by atoms with Crippen LogP contribution in [0.3, 0.4) is 0 Å². The zero-order valence-corrected chi connectivity index (χ0v) is 10.8. The monoisotopic (exact) mass is 291 g/mol. The number of anilines is 1. The van der Waals surface area contributed by atoms with Crippen molar-refractivity contribution in [2.75, 3.05) is 18.4 Å². The topological polar surface area (TPSA) is 37.0 Å². The Morgan fingerprint density at radius 1 is 1.47 bits per heavy atom. The van der Waals surface area contributed by atoms with Crippen molar-refractivity contribution in [3.63, 3.8) is 0 Å². The van der Waals surface area contributed by atoms with Gasteiger partial charge >= 0.3 is 0 Å². The maximum absolute atomic E-state index is 4.29. The van der Waals surface area contributed by atoms with Gasteiger partial charge in [-0.05, 0) is 47.4 Å². The standard InChI is InChI=1S/C10H14BrN3.ClH/c11-8-3-4-10(13-6-8)14-9-2-1-5-12-7-9;/h3-4,6,9,12H,1-2,5,7H2,(H,13,14);1H/t9-;/m1./s1. The van der Waals surface area contributed by atoms with Crippen LogP contribution in [0.15, 0.2) is 22.8 Å². The number of rotatable bonds is 2. The first-order chi connectivity index (χ1) is 6.84. The predicted octanol–water partition coefficient (Wildman–Crippen LogP) is 2.43. The van der Waals surface area contributed by atoms with Crippen molar-refractivity contribution >= 4 is 34.2 Å². The second-order valence-corrected chi connectivity index (χ2v) is 4.46. The predicted molar refractivity (Wildman–Crippen MR) is 68.7 cm³/mol. The summed E-state index contributed by atoms with van der Waals surface area (Å²) >= 11 is 3.37. The summed E-state index contributed by atoms with van der Waals surface area (Å²) in [5, 5.41) is 6.78. The van der Waals surface area contributed by atoms with Crippen LogP contribution in [0.25, 0.3) is 0 Å². The minimum Gasteiger partial charge on any atom is -0.366 e. The molecule has 0 amide bonds. The third kappa shape index (κ3) is 3.97. The summed E-state index contributed by atoms with van der Waals surface area (Å²) in [7, 11) is 0. The van der Waals surface area contributed by atoms with Crippen LogP contribution in [0.4, 0.5) is 5.82 Å². The fourth-order valence-electron chi connectivity index (χ4n) is 1.65. The van der Waals surface area contributed by atoms with Crippen LogP contribution in [-0.4, -0.2) is 24.1 Å². The van der Waals surface area contributed by atoms with E-state index in [0.29, 0.717) is 6.04 Å². The smallest absolute Gasteiger partial charge is 0.126 e. The lowest BCUT2D eigenvalue weighted by molar-refractivity contribution is 0.479. The van der Waals surface area contributed by atoms with Gasteiger partial charge in [0.15, 0.2) is 0 Å². The molecule has 15 heavy (non-hydrogen) atoms. The molecule has 1 aromatic heterocycles. The lowest BCUT2D eigenvalue weighted by atomic mass is 10.1. The maximum atomic E-state index is 4.29. The highest BCUT2D eigenvalue weighted by atomic mass is 79.9. The lowest BCUT2D eigenvalue weighted by Crippen LogP contribution is -2.38. The average Bonchev–Trinajstić information content (AvgIpc) is 2.23. The van der Waals surface area contributed by atoms with Crippen LogP contribution in [0.1, 0.15) is 12.8 Å². The van der Waals surface area contributed by atoms with E-state index >= 15 is 0 Å². The molecule has 2 heterocycles. The highest BCUT2D eigenvalue weighted by Crippen LogP contribution is 2.13. The molecule has 0 spiro atoms. The highest BCUT2D eigenvalue weighted by molar-refractivity contribution is 9.10. The number of pyridine rings is 1. The van der Waals surface area contributed by atoms with E-state index in [0.717, 1.165) is 23.4 Å². The fourth-order valence-corrected chi connectivity index (χ4v) is 1.88. The molecule has 1 aromatic rings. The molecule has 1 atom stereocenters. The van der Waals surface area contributed by atoms with Crippen molar-refractivity contribution in [3.05, 3.63) is 22.8 Å². The van der Waals surface area contributed by atoms with Crippen molar-refractivity contribution < 1.29 is 0 Å². The Labute approximate surface area is 105 Å². The first kappa shape index (κ1) is 12.7. The van der Waals surface area contributed by atoms with E-state index in [9.17, 15) is 0 Å². The first-order valence-corrected chi connectivity index (χ1v) is 5.73. The zero-order chi connectivity index (χ0) is 9.80. The minimum absolute atomic E-state index is 0. The van der Waals surface area contributed by atoms with Crippen LogP contribution in [0.2, 0.25) is 0 Å². The summed E-state index contributed by atoms with van der Waals surface area (Å²) in [4.78, 5) is 4.29.